The average molecular weight is 152 g/mol. The minimum atomic E-state index is -1.69. The van der Waals surface area contributed by atoms with Gasteiger partial charge in [0, 0.05) is 0 Å². The van der Waals surface area contributed by atoms with Gasteiger partial charge in [-0.15, -0.1) is 0 Å². The lowest BCUT2D eigenvalue weighted by Gasteiger charge is -2.06. The Balaban J connectivity index is 2.53. The molecular formula is C5H9FO4. The van der Waals surface area contributed by atoms with Crippen molar-refractivity contribution in [2.24, 2.45) is 0 Å². The molecule has 0 aromatic carbocycles. The van der Waals surface area contributed by atoms with Crippen molar-refractivity contribution in [3.8, 4) is 0 Å². The molecule has 3 N–H and O–H groups in total. The van der Waals surface area contributed by atoms with Gasteiger partial charge in [-0.05, 0) is 0 Å². The molecule has 60 valence electrons. The highest BCUT2D eigenvalue weighted by atomic mass is 19.1. The second kappa shape index (κ2) is 2.79. The van der Waals surface area contributed by atoms with E-state index in [4.69, 9.17) is 15.3 Å². The first kappa shape index (κ1) is 7.87. The molecule has 4 nitrogen and oxygen atoms in total. The maximum Gasteiger partial charge on any atom is 0.184 e. The fourth-order valence-corrected chi connectivity index (χ4v) is 0.856. The highest BCUT2D eigenvalue weighted by Gasteiger charge is 2.42. The molecule has 0 aromatic heterocycles. The van der Waals surface area contributed by atoms with E-state index in [-0.39, 0.29) is 0 Å². The number of halogens is 1. The molecular weight excluding hydrogens is 143 g/mol. The standard InChI is InChI=1S/C5H9FO4/c6-3-2(1-7)10-5(9)4(3)8/h2-5,7-9H,1H2/t2-,3-,4+,5+/m1/s1. The zero-order chi connectivity index (χ0) is 7.72. The molecule has 1 saturated heterocycles. The van der Waals surface area contributed by atoms with Gasteiger partial charge in [-0.25, -0.2) is 4.39 Å². The summed E-state index contributed by atoms with van der Waals surface area (Å²) >= 11 is 0. The number of rotatable bonds is 1. The van der Waals surface area contributed by atoms with Gasteiger partial charge in [0.25, 0.3) is 0 Å². The Morgan fingerprint density at radius 3 is 2.20 bits per heavy atom. The first-order valence-corrected chi connectivity index (χ1v) is 2.93. The van der Waals surface area contributed by atoms with Gasteiger partial charge >= 0.3 is 0 Å². The van der Waals surface area contributed by atoms with Crippen molar-refractivity contribution in [2.45, 2.75) is 24.7 Å². The molecule has 0 spiro atoms. The Morgan fingerprint density at radius 2 is 2.00 bits per heavy atom. The molecule has 0 aromatic rings. The van der Waals surface area contributed by atoms with Gasteiger partial charge in [-0.3, -0.25) is 0 Å². The number of aliphatic hydroxyl groups excluding tert-OH is 3. The van der Waals surface area contributed by atoms with Crippen molar-refractivity contribution in [1.29, 1.82) is 0 Å². The molecule has 1 aliphatic heterocycles. The highest BCUT2D eigenvalue weighted by molar-refractivity contribution is 4.85. The van der Waals surface area contributed by atoms with Crippen molar-refractivity contribution in [1.82, 2.24) is 0 Å². The van der Waals surface area contributed by atoms with Crippen LogP contribution in [0.25, 0.3) is 0 Å². The van der Waals surface area contributed by atoms with Crippen LogP contribution in [0.15, 0.2) is 0 Å². The van der Waals surface area contributed by atoms with Crippen molar-refractivity contribution >= 4 is 0 Å². The molecule has 0 radical (unpaired) electrons. The Bertz CT molecular complexity index is 120. The van der Waals surface area contributed by atoms with Crippen LogP contribution >= 0.6 is 0 Å². The van der Waals surface area contributed by atoms with Gasteiger partial charge in [-0.1, -0.05) is 0 Å². The predicted octanol–water partition coefficient (Wildman–Crippen LogP) is -1.61. The molecule has 1 fully saturated rings. The predicted molar refractivity (Wildman–Crippen MR) is 28.9 cm³/mol. The Morgan fingerprint density at radius 1 is 1.40 bits per heavy atom. The van der Waals surface area contributed by atoms with Crippen LogP contribution in [-0.2, 0) is 4.74 Å². The van der Waals surface area contributed by atoms with E-state index in [2.05, 4.69) is 4.74 Å². The highest BCUT2D eigenvalue weighted by Crippen LogP contribution is 2.21. The zero-order valence-electron chi connectivity index (χ0n) is 5.14. The first-order chi connectivity index (χ1) is 4.66. The van der Waals surface area contributed by atoms with E-state index in [0.717, 1.165) is 0 Å². The number of hydrogen-bond acceptors (Lipinski definition) is 4. The molecule has 4 atom stereocenters. The van der Waals surface area contributed by atoms with Crippen LogP contribution in [0, 0.1) is 0 Å². The lowest BCUT2D eigenvalue weighted by Crippen LogP contribution is -2.29. The van der Waals surface area contributed by atoms with Gasteiger partial charge in [-0.2, -0.15) is 0 Å². The molecule has 0 unspecified atom stereocenters. The number of alkyl halides is 1. The Kier molecular flexibility index (Phi) is 2.20. The van der Waals surface area contributed by atoms with Crippen LogP contribution in [0.1, 0.15) is 0 Å². The number of hydrogen-bond donors (Lipinski definition) is 3. The van der Waals surface area contributed by atoms with E-state index in [9.17, 15) is 4.39 Å². The SMILES string of the molecule is OC[C@H]1O[C@H](O)[C@@H](O)[C@@H]1F. The van der Waals surface area contributed by atoms with E-state index in [0.29, 0.717) is 0 Å². The summed E-state index contributed by atoms with van der Waals surface area (Å²) in [7, 11) is 0. The maximum atomic E-state index is 12.5. The van der Waals surface area contributed by atoms with Crippen molar-refractivity contribution in [2.75, 3.05) is 6.61 Å². The normalized spacial score (nSPS) is 48.0. The average Bonchev–Trinajstić information content (AvgIpc) is 2.17. The van der Waals surface area contributed by atoms with Crippen molar-refractivity contribution in [3.63, 3.8) is 0 Å². The van der Waals surface area contributed by atoms with Gasteiger partial charge in [0.2, 0.25) is 0 Å². The largest absolute Gasteiger partial charge is 0.394 e. The van der Waals surface area contributed by atoms with Crippen LogP contribution in [-0.4, -0.2) is 46.6 Å². The van der Waals surface area contributed by atoms with Crippen LogP contribution in [0.4, 0.5) is 4.39 Å². The second-order valence-corrected chi connectivity index (χ2v) is 2.18. The van der Waals surface area contributed by atoms with E-state index in [1.54, 1.807) is 0 Å². The third-order valence-corrected chi connectivity index (χ3v) is 1.47. The summed E-state index contributed by atoms with van der Waals surface area (Å²) < 4.78 is 17.0. The van der Waals surface area contributed by atoms with Crippen LogP contribution in [0.2, 0.25) is 0 Å². The summed E-state index contributed by atoms with van der Waals surface area (Å²) in [6.45, 7) is -0.532. The first-order valence-electron chi connectivity index (χ1n) is 2.93. The van der Waals surface area contributed by atoms with E-state index in [1.165, 1.54) is 0 Å². The topological polar surface area (TPSA) is 69.9 Å². The summed E-state index contributed by atoms with van der Waals surface area (Å²) in [5.41, 5.74) is 0. The minimum Gasteiger partial charge on any atom is -0.394 e. The van der Waals surface area contributed by atoms with Crippen LogP contribution in [0.3, 0.4) is 0 Å². The van der Waals surface area contributed by atoms with E-state index >= 15 is 0 Å². The molecule has 1 aliphatic rings. The van der Waals surface area contributed by atoms with Gasteiger partial charge in [0.15, 0.2) is 12.5 Å². The minimum absolute atomic E-state index is 0.532. The molecule has 0 amide bonds. The molecule has 1 heterocycles. The summed E-state index contributed by atoms with van der Waals surface area (Å²) in [5.74, 6) is 0. The monoisotopic (exact) mass is 152 g/mol. The van der Waals surface area contributed by atoms with Crippen LogP contribution in [0.5, 0.6) is 0 Å². The lowest BCUT2D eigenvalue weighted by molar-refractivity contribution is -0.132. The van der Waals surface area contributed by atoms with Crippen LogP contribution < -0.4 is 0 Å². The van der Waals surface area contributed by atoms with Gasteiger partial charge in [0.05, 0.1) is 6.61 Å². The van der Waals surface area contributed by atoms with Gasteiger partial charge in [0.1, 0.15) is 12.2 Å². The fourth-order valence-electron chi connectivity index (χ4n) is 0.856. The molecule has 0 bridgehead atoms. The van der Waals surface area contributed by atoms with E-state index < -0.39 is 31.3 Å². The Hall–Kier alpha value is -0.230. The summed E-state index contributed by atoms with van der Waals surface area (Å²) in [4.78, 5) is 0. The molecule has 10 heavy (non-hydrogen) atoms. The third kappa shape index (κ3) is 1.13. The lowest BCUT2D eigenvalue weighted by atomic mass is 10.2. The van der Waals surface area contributed by atoms with Crippen molar-refractivity contribution in [3.05, 3.63) is 0 Å². The molecule has 0 aliphatic carbocycles. The zero-order valence-corrected chi connectivity index (χ0v) is 5.14. The third-order valence-electron chi connectivity index (χ3n) is 1.47. The quantitative estimate of drug-likeness (QED) is 0.423. The van der Waals surface area contributed by atoms with Gasteiger partial charge < -0.3 is 20.1 Å². The van der Waals surface area contributed by atoms with Crippen molar-refractivity contribution < 1.29 is 24.4 Å². The number of ether oxygens (including phenoxy) is 1. The second-order valence-electron chi connectivity index (χ2n) is 2.18. The Labute approximate surface area is 56.9 Å². The summed E-state index contributed by atoms with van der Waals surface area (Å²) in [5, 5.41) is 25.7. The molecule has 1 rings (SSSR count). The molecule has 0 saturated carbocycles. The summed E-state index contributed by atoms with van der Waals surface area (Å²) in [6.07, 6.45) is -5.82. The fraction of sp³-hybridized carbons (Fsp3) is 1.00. The summed E-state index contributed by atoms with van der Waals surface area (Å²) in [6, 6.07) is 0. The maximum absolute atomic E-state index is 12.5. The smallest absolute Gasteiger partial charge is 0.184 e. The number of aliphatic hydroxyl groups is 3. The van der Waals surface area contributed by atoms with E-state index in [1.807, 2.05) is 0 Å². The molecule has 5 heteroatoms.